The lowest BCUT2D eigenvalue weighted by molar-refractivity contribution is -0.137. The van der Waals surface area contributed by atoms with Crippen LogP contribution in [0.15, 0.2) is 34.7 Å². The second kappa shape index (κ2) is 12.1. The van der Waals surface area contributed by atoms with E-state index in [-0.39, 0.29) is 24.9 Å². The van der Waals surface area contributed by atoms with Gasteiger partial charge in [-0.1, -0.05) is 56.5 Å². The van der Waals surface area contributed by atoms with Gasteiger partial charge in [0.2, 0.25) is 11.9 Å². The third-order valence-electron chi connectivity index (χ3n) is 6.30. The minimum atomic E-state index is -1.52. The number of unbranched alkanes of at least 4 members (excludes halogenated alkanes) is 3. The van der Waals surface area contributed by atoms with Gasteiger partial charge in [-0.3, -0.25) is 9.59 Å². The normalized spacial score (nSPS) is 16.6. The Bertz CT molecular complexity index is 1040. The van der Waals surface area contributed by atoms with E-state index in [1.807, 2.05) is 45.0 Å². The third-order valence-corrected chi connectivity index (χ3v) is 6.30. The molecule has 3 rings (SSSR count). The summed E-state index contributed by atoms with van der Waals surface area (Å²) in [7, 11) is 1.26. The molecule has 1 N–H and O–H groups in total. The van der Waals surface area contributed by atoms with Crippen molar-refractivity contribution in [2.24, 2.45) is 5.92 Å². The number of aliphatic hydroxyl groups is 1. The first kappa shape index (κ1) is 26.6. The fourth-order valence-corrected chi connectivity index (χ4v) is 4.30. The number of cyclic esters (lactones) is 1. The highest BCUT2D eigenvalue weighted by atomic mass is 16.6. The molecule has 1 aliphatic heterocycles. The Balaban J connectivity index is 1.88. The molecule has 2 heterocycles. The smallest absolute Gasteiger partial charge is 0.417 e. The highest BCUT2D eigenvalue weighted by Gasteiger charge is 2.45. The van der Waals surface area contributed by atoms with Gasteiger partial charge in [-0.2, -0.15) is 0 Å². The number of furan rings is 1. The van der Waals surface area contributed by atoms with Crippen LogP contribution >= 0.6 is 0 Å². The van der Waals surface area contributed by atoms with E-state index in [9.17, 15) is 14.4 Å². The number of amides is 2. The van der Waals surface area contributed by atoms with Crippen molar-refractivity contribution in [1.29, 1.82) is 0 Å². The topological polar surface area (TPSA) is 106 Å². The Morgan fingerprint density at radius 2 is 1.91 bits per heavy atom. The number of Topliss-reactive ketones (excluding diaryl/α,β-unsaturated/α-hetero) is 1. The highest BCUT2D eigenvalue weighted by Crippen LogP contribution is 2.31. The standard InChI is InChI=1S/C27H35NO7/c1-17(2)21-16-34-27(32)28(21)26(31)25(33-4)24(30)23-15-20(19-11-9-10-18(3)14-19)22(35-23)12-7-5-6-8-13-29/h9-11,14-15,17,21,25,29H,5-8,12-13,16H2,1-4H3/t21-,25+/m0/s1. The number of ketones is 1. The fourth-order valence-electron chi connectivity index (χ4n) is 4.30. The Morgan fingerprint density at radius 1 is 1.17 bits per heavy atom. The van der Waals surface area contributed by atoms with Crippen molar-refractivity contribution in [3.05, 3.63) is 47.4 Å². The number of aryl methyl sites for hydroxylation is 2. The van der Waals surface area contributed by atoms with E-state index in [1.54, 1.807) is 6.07 Å². The first-order valence-corrected chi connectivity index (χ1v) is 12.2. The monoisotopic (exact) mass is 485 g/mol. The molecule has 0 saturated carbocycles. The van der Waals surface area contributed by atoms with Crippen molar-refractivity contribution in [3.63, 3.8) is 0 Å². The van der Waals surface area contributed by atoms with Crippen LogP contribution < -0.4 is 0 Å². The van der Waals surface area contributed by atoms with Crippen LogP contribution in [0.25, 0.3) is 11.1 Å². The molecular formula is C27H35NO7. The molecule has 2 aromatic rings. The average molecular weight is 486 g/mol. The van der Waals surface area contributed by atoms with Crippen LogP contribution in [0.1, 0.15) is 61.4 Å². The van der Waals surface area contributed by atoms with Crippen molar-refractivity contribution < 1.29 is 33.4 Å². The summed E-state index contributed by atoms with van der Waals surface area (Å²) >= 11 is 0. The first-order chi connectivity index (χ1) is 16.8. The van der Waals surface area contributed by atoms with Crippen LogP contribution in [-0.2, 0) is 20.7 Å². The lowest BCUT2D eigenvalue weighted by atomic mass is 10.00. The molecule has 1 aliphatic rings. The van der Waals surface area contributed by atoms with E-state index >= 15 is 0 Å². The molecular weight excluding hydrogens is 450 g/mol. The van der Waals surface area contributed by atoms with E-state index in [1.165, 1.54) is 7.11 Å². The molecule has 2 amide bonds. The summed E-state index contributed by atoms with van der Waals surface area (Å²) < 4.78 is 16.4. The number of imide groups is 1. The van der Waals surface area contributed by atoms with E-state index in [2.05, 4.69) is 0 Å². The average Bonchev–Trinajstić information content (AvgIpc) is 3.43. The van der Waals surface area contributed by atoms with E-state index in [4.69, 9.17) is 19.0 Å². The molecule has 1 aromatic heterocycles. The molecule has 35 heavy (non-hydrogen) atoms. The minimum Gasteiger partial charge on any atom is -0.457 e. The Kier molecular flexibility index (Phi) is 9.23. The highest BCUT2D eigenvalue weighted by molar-refractivity contribution is 6.14. The van der Waals surface area contributed by atoms with Gasteiger partial charge in [-0.05, 0) is 37.3 Å². The second-order valence-corrected chi connectivity index (χ2v) is 9.28. The number of hydrogen-bond donors (Lipinski definition) is 1. The van der Waals surface area contributed by atoms with Crippen LogP contribution in [0, 0.1) is 12.8 Å². The fraction of sp³-hybridized carbons (Fsp3) is 0.519. The van der Waals surface area contributed by atoms with Gasteiger partial charge in [0.15, 0.2) is 5.76 Å². The maximum Gasteiger partial charge on any atom is 0.417 e. The van der Waals surface area contributed by atoms with Crippen LogP contribution in [0.2, 0.25) is 0 Å². The van der Waals surface area contributed by atoms with Crippen molar-refractivity contribution >= 4 is 17.8 Å². The minimum absolute atomic E-state index is 0.0146. The largest absolute Gasteiger partial charge is 0.457 e. The number of methoxy groups -OCH3 is 1. The molecule has 8 heteroatoms. The van der Waals surface area contributed by atoms with Gasteiger partial charge in [0.05, 0.1) is 6.04 Å². The zero-order chi connectivity index (χ0) is 25.5. The maximum atomic E-state index is 13.4. The van der Waals surface area contributed by atoms with E-state index in [0.29, 0.717) is 12.2 Å². The van der Waals surface area contributed by atoms with Gasteiger partial charge in [-0.15, -0.1) is 0 Å². The molecule has 1 saturated heterocycles. The Morgan fingerprint density at radius 3 is 2.57 bits per heavy atom. The summed E-state index contributed by atoms with van der Waals surface area (Å²) in [6.45, 7) is 6.01. The number of ether oxygens (including phenoxy) is 2. The number of carbonyl (C=O) groups excluding carboxylic acids is 3. The van der Waals surface area contributed by atoms with E-state index < -0.39 is 29.9 Å². The number of nitrogens with zero attached hydrogens (tertiary/aromatic N) is 1. The summed E-state index contributed by atoms with van der Waals surface area (Å²) in [6.07, 6.45) is 1.74. The van der Waals surface area contributed by atoms with Crippen LogP contribution in [-0.4, -0.2) is 60.3 Å². The summed E-state index contributed by atoms with van der Waals surface area (Å²) in [5.74, 6) is -0.753. The number of benzene rings is 1. The molecule has 0 unspecified atom stereocenters. The van der Waals surface area contributed by atoms with Crippen LogP contribution in [0.5, 0.6) is 0 Å². The van der Waals surface area contributed by atoms with Gasteiger partial charge >= 0.3 is 6.09 Å². The zero-order valence-electron chi connectivity index (χ0n) is 20.9. The van der Waals surface area contributed by atoms with Crippen molar-refractivity contribution in [2.75, 3.05) is 20.3 Å². The van der Waals surface area contributed by atoms with E-state index in [0.717, 1.165) is 47.3 Å². The first-order valence-electron chi connectivity index (χ1n) is 12.2. The predicted octanol–water partition coefficient (Wildman–Crippen LogP) is 4.55. The van der Waals surface area contributed by atoms with Gasteiger partial charge in [0.25, 0.3) is 5.91 Å². The molecule has 0 radical (unpaired) electrons. The van der Waals surface area contributed by atoms with Crippen molar-refractivity contribution in [1.82, 2.24) is 4.90 Å². The SMILES string of the molecule is CO[C@H](C(=O)c1cc(-c2cccc(C)c2)c(CCCCCCO)o1)C(=O)N1C(=O)OC[C@H]1C(C)C. The zero-order valence-corrected chi connectivity index (χ0v) is 20.9. The molecule has 1 aromatic carbocycles. The molecule has 0 spiro atoms. The number of aliphatic hydroxyl groups excluding tert-OH is 1. The molecule has 2 atom stereocenters. The van der Waals surface area contributed by atoms with Crippen LogP contribution in [0.3, 0.4) is 0 Å². The van der Waals surface area contributed by atoms with Crippen LogP contribution in [0.4, 0.5) is 4.79 Å². The van der Waals surface area contributed by atoms with Crippen molar-refractivity contribution in [2.45, 2.75) is 65.0 Å². The summed E-state index contributed by atoms with van der Waals surface area (Å²) in [6, 6.07) is 9.09. The quantitative estimate of drug-likeness (QED) is 0.267. The Hall–Kier alpha value is -2.97. The summed E-state index contributed by atoms with van der Waals surface area (Å²) in [5, 5.41) is 9.00. The predicted molar refractivity (Wildman–Crippen MR) is 130 cm³/mol. The lowest BCUT2D eigenvalue weighted by Gasteiger charge is -2.25. The molecule has 8 nitrogen and oxygen atoms in total. The number of hydrogen-bond acceptors (Lipinski definition) is 7. The maximum absolute atomic E-state index is 13.4. The Labute approximate surface area is 206 Å². The summed E-state index contributed by atoms with van der Waals surface area (Å²) in [5.41, 5.74) is 2.78. The van der Waals surface area contributed by atoms with Gasteiger partial charge in [0, 0.05) is 25.7 Å². The number of carbonyl (C=O) groups is 3. The molecule has 190 valence electrons. The summed E-state index contributed by atoms with van der Waals surface area (Å²) in [4.78, 5) is 39.8. The molecule has 1 fully saturated rings. The molecule has 0 aliphatic carbocycles. The van der Waals surface area contributed by atoms with Gasteiger partial charge < -0.3 is 19.0 Å². The second-order valence-electron chi connectivity index (χ2n) is 9.28. The van der Waals surface area contributed by atoms with Crippen molar-refractivity contribution in [3.8, 4) is 11.1 Å². The van der Waals surface area contributed by atoms with Gasteiger partial charge in [0.1, 0.15) is 12.4 Å². The third kappa shape index (κ3) is 6.18. The van der Waals surface area contributed by atoms with Gasteiger partial charge in [-0.25, -0.2) is 9.69 Å². The number of rotatable bonds is 12. The molecule has 0 bridgehead atoms. The lowest BCUT2D eigenvalue weighted by Crippen LogP contribution is -2.49.